The Morgan fingerprint density at radius 2 is 1.57 bits per heavy atom. The molecule has 0 saturated heterocycles. The summed E-state index contributed by atoms with van der Waals surface area (Å²) in [5.74, 6) is 0. The van der Waals surface area contributed by atoms with Gasteiger partial charge in [0.1, 0.15) is 6.79 Å². The largest absolute Gasteiger partial charge is 0.307 e. The second kappa shape index (κ2) is 5.41. The maximum absolute atomic E-state index is 8.00. The molecule has 0 heterocycles. The van der Waals surface area contributed by atoms with Crippen LogP contribution in [-0.4, -0.2) is 6.79 Å². The molecule has 0 aliphatic heterocycles. The van der Waals surface area contributed by atoms with Gasteiger partial charge >= 0.3 is 0 Å². The molecule has 1 heteroatoms. The molecule has 0 N–H and O–H groups in total. The lowest BCUT2D eigenvalue weighted by Gasteiger charge is -1.69. The van der Waals surface area contributed by atoms with Gasteiger partial charge in [-0.2, -0.15) is 0 Å². The van der Waals surface area contributed by atoms with Gasteiger partial charge < -0.3 is 4.79 Å². The minimum Gasteiger partial charge on any atom is -0.307 e. The number of carbonyl (C=O) groups is 1. The molecule has 0 aromatic rings. The quantitative estimate of drug-likeness (QED) is 0.420. The molecule has 0 aromatic carbocycles. The Balaban J connectivity index is 0.000000162. The first kappa shape index (κ1) is 6.41. The predicted molar refractivity (Wildman–Crippen MR) is 30.1 cm³/mol. The molecule has 0 spiro atoms. The maximum Gasteiger partial charge on any atom is 0.106 e. The molecule has 1 aliphatic rings. The van der Waals surface area contributed by atoms with Crippen molar-refractivity contribution >= 4 is 6.79 Å². The average Bonchev–Trinajstić information content (AvgIpc) is 2.23. The summed E-state index contributed by atoms with van der Waals surface area (Å²) in [6.07, 6.45) is 8.50. The standard InChI is InChI=1S/C5H8.CH2O/c1-2-4-5-3-1;1-2/h1-2H,3-5H2;1H2. The van der Waals surface area contributed by atoms with E-state index < -0.39 is 0 Å². The van der Waals surface area contributed by atoms with Crippen LogP contribution in [0.15, 0.2) is 12.2 Å². The third-order valence-corrected chi connectivity index (χ3v) is 0.908. The highest BCUT2D eigenvalue weighted by Gasteiger charge is 1.84. The number of hydrogen-bond donors (Lipinski definition) is 0. The molecule has 1 aliphatic carbocycles. The normalized spacial score (nSPS) is 15.4. The first-order chi connectivity index (χ1) is 3.50. The lowest BCUT2D eigenvalue weighted by atomic mass is 10.4. The van der Waals surface area contributed by atoms with Crippen LogP contribution in [0.5, 0.6) is 0 Å². The summed E-state index contributed by atoms with van der Waals surface area (Å²) < 4.78 is 0. The number of carbonyl (C=O) groups excluding carboxylic acids is 1. The Labute approximate surface area is 44.0 Å². The molecule has 7 heavy (non-hydrogen) atoms. The number of hydrogen-bond acceptors (Lipinski definition) is 1. The van der Waals surface area contributed by atoms with Gasteiger partial charge in [0, 0.05) is 0 Å². The summed E-state index contributed by atoms with van der Waals surface area (Å²) in [4.78, 5) is 8.00. The molecule has 0 amide bonds. The molecule has 0 saturated carbocycles. The fraction of sp³-hybridized carbons (Fsp3) is 0.500. The van der Waals surface area contributed by atoms with Crippen molar-refractivity contribution in [2.45, 2.75) is 19.3 Å². The van der Waals surface area contributed by atoms with E-state index in [-0.39, 0.29) is 0 Å². The summed E-state index contributed by atoms with van der Waals surface area (Å²) in [5.41, 5.74) is 0. The fourth-order valence-corrected chi connectivity index (χ4v) is 0.589. The van der Waals surface area contributed by atoms with Crippen LogP contribution in [0, 0.1) is 0 Å². The molecule has 0 aromatic heterocycles. The third-order valence-electron chi connectivity index (χ3n) is 0.908. The van der Waals surface area contributed by atoms with Crippen LogP contribution in [0.1, 0.15) is 19.3 Å². The van der Waals surface area contributed by atoms with Crippen molar-refractivity contribution < 1.29 is 4.79 Å². The summed E-state index contributed by atoms with van der Waals surface area (Å²) in [7, 11) is 0. The smallest absolute Gasteiger partial charge is 0.106 e. The van der Waals surface area contributed by atoms with Gasteiger partial charge in [0.05, 0.1) is 0 Å². The molecular weight excluding hydrogens is 88.1 g/mol. The van der Waals surface area contributed by atoms with Crippen molar-refractivity contribution in [1.29, 1.82) is 0 Å². The van der Waals surface area contributed by atoms with Crippen LogP contribution in [-0.2, 0) is 4.79 Å². The van der Waals surface area contributed by atoms with E-state index in [1.807, 2.05) is 6.79 Å². The van der Waals surface area contributed by atoms with Gasteiger partial charge in [-0.05, 0) is 19.3 Å². The average molecular weight is 98.1 g/mol. The fourth-order valence-electron chi connectivity index (χ4n) is 0.589. The molecular formula is C6H10O. The highest BCUT2D eigenvalue weighted by Crippen LogP contribution is 2.05. The highest BCUT2D eigenvalue weighted by molar-refractivity contribution is 5.10. The van der Waals surface area contributed by atoms with Crippen molar-refractivity contribution in [1.82, 2.24) is 0 Å². The first-order valence-electron chi connectivity index (χ1n) is 2.44. The monoisotopic (exact) mass is 98.1 g/mol. The molecule has 0 unspecified atom stereocenters. The van der Waals surface area contributed by atoms with E-state index in [0.29, 0.717) is 0 Å². The summed E-state index contributed by atoms with van der Waals surface area (Å²) in [6.45, 7) is 2.00. The van der Waals surface area contributed by atoms with Gasteiger partial charge in [-0.25, -0.2) is 0 Å². The van der Waals surface area contributed by atoms with Crippen molar-refractivity contribution in [2.75, 3.05) is 0 Å². The van der Waals surface area contributed by atoms with E-state index in [0.717, 1.165) is 0 Å². The maximum atomic E-state index is 8.00. The lowest BCUT2D eigenvalue weighted by molar-refractivity contribution is -0.0979. The van der Waals surface area contributed by atoms with Crippen LogP contribution in [0.25, 0.3) is 0 Å². The predicted octanol–water partition coefficient (Wildman–Crippen LogP) is 1.54. The summed E-state index contributed by atoms with van der Waals surface area (Å²) in [5, 5.41) is 0. The van der Waals surface area contributed by atoms with E-state index in [1.54, 1.807) is 0 Å². The molecule has 0 radical (unpaired) electrons. The first-order valence-corrected chi connectivity index (χ1v) is 2.44. The Morgan fingerprint density at radius 3 is 1.71 bits per heavy atom. The van der Waals surface area contributed by atoms with Crippen LogP contribution in [0.3, 0.4) is 0 Å². The highest BCUT2D eigenvalue weighted by atomic mass is 16.1. The number of allylic oxidation sites excluding steroid dienone is 2. The zero-order chi connectivity index (χ0) is 5.54. The van der Waals surface area contributed by atoms with E-state index >= 15 is 0 Å². The molecule has 0 bridgehead atoms. The Hall–Kier alpha value is -0.590. The van der Waals surface area contributed by atoms with Crippen molar-refractivity contribution in [3.63, 3.8) is 0 Å². The molecule has 0 atom stereocenters. The third kappa shape index (κ3) is 3.23. The van der Waals surface area contributed by atoms with Crippen molar-refractivity contribution in [3.05, 3.63) is 12.2 Å². The SMILES string of the molecule is C1=CCCC1.C=O. The summed E-state index contributed by atoms with van der Waals surface area (Å²) in [6, 6.07) is 0. The topological polar surface area (TPSA) is 17.1 Å². The Bertz CT molecular complexity index is 51.2. The van der Waals surface area contributed by atoms with Gasteiger partial charge in [-0.1, -0.05) is 12.2 Å². The van der Waals surface area contributed by atoms with Gasteiger partial charge in [-0.15, -0.1) is 0 Å². The minimum atomic E-state index is 1.32. The van der Waals surface area contributed by atoms with Crippen LogP contribution >= 0.6 is 0 Å². The second-order valence-corrected chi connectivity index (χ2v) is 1.40. The number of rotatable bonds is 0. The van der Waals surface area contributed by atoms with Crippen LogP contribution in [0.4, 0.5) is 0 Å². The van der Waals surface area contributed by atoms with Crippen LogP contribution in [0.2, 0.25) is 0 Å². The van der Waals surface area contributed by atoms with Gasteiger partial charge in [0.15, 0.2) is 0 Å². The Morgan fingerprint density at radius 1 is 1.14 bits per heavy atom. The van der Waals surface area contributed by atoms with Gasteiger partial charge in [0.25, 0.3) is 0 Å². The molecule has 1 rings (SSSR count). The minimum absolute atomic E-state index is 1.32. The van der Waals surface area contributed by atoms with Gasteiger partial charge in [0.2, 0.25) is 0 Å². The van der Waals surface area contributed by atoms with E-state index in [4.69, 9.17) is 4.79 Å². The molecule has 1 nitrogen and oxygen atoms in total. The van der Waals surface area contributed by atoms with Crippen molar-refractivity contribution in [2.24, 2.45) is 0 Å². The van der Waals surface area contributed by atoms with E-state index in [9.17, 15) is 0 Å². The lowest BCUT2D eigenvalue weighted by Crippen LogP contribution is -1.50. The molecule has 40 valence electrons. The molecule has 0 fully saturated rings. The Kier molecular flexibility index (Phi) is 4.95. The van der Waals surface area contributed by atoms with Crippen LogP contribution < -0.4 is 0 Å². The summed E-state index contributed by atoms with van der Waals surface area (Å²) >= 11 is 0. The van der Waals surface area contributed by atoms with Crippen molar-refractivity contribution in [3.8, 4) is 0 Å². The van der Waals surface area contributed by atoms with E-state index in [1.165, 1.54) is 19.3 Å². The second-order valence-electron chi connectivity index (χ2n) is 1.40. The van der Waals surface area contributed by atoms with Gasteiger partial charge in [-0.3, -0.25) is 0 Å². The van der Waals surface area contributed by atoms with E-state index in [2.05, 4.69) is 12.2 Å². The zero-order valence-corrected chi connectivity index (χ0v) is 4.39. The zero-order valence-electron chi connectivity index (χ0n) is 4.39.